The van der Waals surface area contributed by atoms with Crippen LogP contribution in [-0.2, 0) is 0 Å². The predicted molar refractivity (Wildman–Crippen MR) is 237 cm³/mol. The molecule has 0 spiro atoms. The molecule has 9 aromatic carbocycles. The lowest BCUT2D eigenvalue weighted by atomic mass is 9.87. The maximum Gasteiger partial charge on any atom is 0.0629 e. The van der Waals surface area contributed by atoms with Gasteiger partial charge < -0.3 is 9.13 Å². The SMILES string of the molecule is [2H]c1c([2H])c([2H])c(-c2cccc(-c3c([2H])c([2H])c([2H])c([2H])c3[2H])c2-c2ccc3c(c2)c2ccccc2n3-c2ccc3c(c2)c2ccccc2n3-c2ccccc2-c2ccccc2)c([2H])c1[2H]. The highest BCUT2D eigenvalue weighted by molar-refractivity contribution is 6.13. The molecule has 0 saturated heterocycles. The van der Waals surface area contributed by atoms with E-state index in [1.807, 2.05) is 42.5 Å². The molecule has 0 aliphatic rings. The molecule has 0 atom stereocenters. The average molecular weight is 723 g/mol. The molecule has 2 heterocycles. The Labute approximate surface area is 339 Å². The minimum atomic E-state index is -0.536. The zero-order chi connectivity index (χ0) is 45.7. The molecule has 0 radical (unpaired) electrons. The summed E-state index contributed by atoms with van der Waals surface area (Å²) in [6.45, 7) is 0. The Morgan fingerprint density at radius 3 is 1.54 bits per heavy atom. The Balaban J connectivity index is 1.17. The number of para-hydroxylation sites is 3. The van der Waals surface area contributed by atoms with Crippen LogP contribution >= 0.6 is 0 Å². The van der Waals surface area contributed by atoms with E-state index in [-0.39, 0.29) is 22.3 Å². The van der Waals surface area contributed by atoms with Crippen molar-refractivity contribution in [3.05, 3.63) is 218 Å². The summed E-state index contributed by atoms with van der Waals surface area (Å²) < 4.78 is 91.4. The van der Waals surface area contributed by atoms with Crippen molar-refractivity contribution in [1.29, 1.82) is 0 Å². The Hall–Kier alpha value is -7.42. The summed E-state index contributed by atoms with van der Waals surface area (Å²) in [6, 6.07) is 47.9. The van der Waals surface area contributed by atoms with Crippen LogP contribution in [0.15, 0.2) is 218 Å². The highest BCUT2D eigenvalue weighted by atomic mass is 15.0. The summed E-state index contributed by atoms with van der Waals surface area (Å²) in [5.41, 5.74) is 9.49. The van der Waals surface area contributed by atoms with Crippen LogP contribution in [0.3, 0.4) is 0 Å². The zero-order valence-electron chi connectivity index (χ0n) is 39.9. The van der Waals surface area contributed by atoms with E-state index < -0.39 is 60.4 Å². The fourth-order valence-corrected chi connectivity index (χ4v) is 8.35. The second kappa shape index (κ2) is 13.2. The molecule has 0 N–H and O–H groups in total. The molecule has 262 valence electrons. The predicted octanol–water partition coefficient (Wildman–Crippen LogP) is 14.5. The van der Waals surface area contributed by atoms with Crippen molar-refractivity contribution in [1.82, 2.24) is 9.13 Å². The first-order valence-electron chi connectivity index (χ1n) is 23.5. The van der Waals surface area contributed by atoms with Crippen LogP contribution in [0, 0.1) is 0 Å². The molecule has 0 amide bonds. The molecule has 0 aliphatic heterocycles. The van der Waals surface area contributed by atoms with Crippen molar-refractivity contribution in [3.8, 4) is 55.9 Å². The van der Waals surface area contributed by atoms with Gasteiger partial charge in [0.05, 0.1) is 41.5 Å². The maximum atomic E-state index is 9.00. The van der Waals surface area contributed by atoms with Gasteiger partial charge in [-0.15, -0.1) is 0 Å². The molecule has 11 aromatic rings. The second-order valence-corrected chi connectivity index (χ2v) is 13.7. The smallest absolute Gasteiger partial charge is 0.0629 e. The van der Waals surface area contributed by atoms with Crippen molar-refractivity contribution >= 4 is 43.6 Å². The molecule has 56 heavy (non-hydrogen) atoms. The lowest BCUT2D eigenvalue weighted by Gasteiger charge is -2.17. The van der Waals surface area contributed by atoms with Crippen molar-refractivity contribution in [3.63, 3.8) is 0 Å². The number of rotatable bonds is 6. The van der Waals surface area contributed by atoms with Crippen molar-refractivity contribution in [2.24, 2.45) is 0 Å². The minimum absolute atomic E-state index is 0.0633. The summed E-state index contributed by atoms with van der Waals surface area (Å²) >= 11 is 0. The number of aromatic nitrogens is 2. The number of fused-ring (bicyclic) bond motifs is 6. The molecule has 11 rings (SSSR count). The van der Waals surface area contributed by atoms with E-state index in [0.717, 1.165) is 66.1 Å². The highest BCUT2D eigenvalue weighted by Gasteiger charge is 2.20. The highest BCUT2D eigenvalue weighted by Crippen LogP contribution is 2.44. The van der Waals surface area contributed by atoms with Gasteiger partial charge in [-0.25, -0.2) is 0 Å². The number of hydrogen-bond donors (Lipinski definition) is 0. The summed E-state index contributed by atoms with van der Waals surface area (Å²) in [6.07, 6.45) is 0. The Morgan fingerprint density at radius 1 is 0.321 bits per heavy atom. The lowest BCUT2D eigenvalue weighted by molar-refractivity contribution is 1.17. The van der Waals surface area contributed by atoms with Crippen LogP contribution in [0.4, 0.5) is 0 Å². The van der Waals surface area contributed by atoms with E-state index in [9.17, 15) is 0 Å². The topological polar surface area (TPSA) is 9.86 Å². The third kappa shape index (κ3) is 5.11. The van der Waals surface area contributed by atoms with Crippen LogP contribution in [0.1, 0.15) is 13.7 Å². The third-order valence-electron chi connectivity index (χ3n) is 10.7. The van der Waals surface area contributed by atoms with E-state index >= 15 is 0 Å². The molecule has 0 unspecified atom stereocenters. The van der Waals surface area contributed by atoms with E-state index in [0.29, 0.717) is 11.1 Å². The fourth-order valence-electron chi connectivity index (χ4n) is 8.35. The van der Waals surface area contributed by atoms with Crippen molar-refractivity contribution in [2.75, 3.05) is 0 Å². The summed E-state index contributed by atoms with van der Waals surface area (Å²) in [7, 11) is 0. The van der Waals surface area contributed by atoms with Crippen molar-refractivity contribution in [2.45, 2.75) is 0 Å². The summed E-state index contributed by atoms with van der Waals surface area (Å²) in [4.78, 5) is 0. The minimum Gasteiger partial charge on any atom is -0.309 e. The maximum absolute atomic E-state index is 9.00. The average Bonchev–Trinajstić information content (AvgIpc) is 3.86. The van der Waals surface area contributed by atoms with E-state index in [4.69, 9.17) is 13.7 Å². The Morgan fingerprint density at radius 2 is 0.839 bits per heavy atom. The summed E-state index contributed by atoms with van der Waals surface area (Å²) in [5, 5.41) is 3.96. The molecule has 2 heteroatoms. The normalized spacial score (nSPS) is 14.1. The van der Waals surface area contributed by atoms with Gasteiger partial charge >= 0.3 is 0 Å². The molecule has 0 bridgehead atoms. The standard InChI is InChI=1S/C54H36N2/c1-4-17-37(18-5-1)42-23-10-13-28-49(42)56-51-30-15-12-25-46(51)48-36-41(32-34-53(48)56)55-50-29-14-11-24-45(50)47-35-40(31-33-52(47)55)54-43(38-19-6-2-7-20-38)26-16-27-44(54)39-21-8-3-9-22-39/h1-36H/i2D,3D,6D,7D,8D,9D,19D,20D,21D,22D. The van der Waals surface area contributed by atoms with Gasteiger partial charge in [-0.3, -0.25) is 0 Å². The van der Waals surface area contributed by atoms with Gasteiger partial charge in [0.2, 0.25) is 0 Å². The van der Waals surface area contributed by atoms with Crippen LogP contribution < -0.4 is 0 Å². The molecule has 0 saturated carbocycles. The van der Waals surface area contributed by atoms with E-state index in [2.05, 4.69) is 106 Å². The van der Waals surface area contributed by atoms with Crippen LogP contribution in [-0.4, -0.2) is 9.13 Å². The van der Waals surface area contributed by atoms with Crippen LogP contribution in [0.2, 0.25) is 0 Å². The zero-order valence-corrected chi connectivity index (χ0v) is 29.9. The first-order valence-corrected chi connectivity index (χ1v) is 18.5. The first-order chi connectivity index (χ1) is 32.0. The Kier molecular flexibility index (Phi) is 5.49. The van der Waals surface area contributed by atoms with Crippen LogP contribution in [0.5, 0.6) is 0 Å². The van der Waals surface area contributed by atoms with Gasteiger partial charge in [-0.1, -0.05) is 170 Å². The number of hydrogen-bond acceptors (Lipinski definition) is 0. The van der Waals surface area contributed by atoms with Crippen molar-refractivity contribution < 1.29 is 13.7 Å². The van der Waals surface area contributed by atoms with Gasteiger partial charge in [0.1, 0.15) is 0 Å². The third-order valence-corrected chi connectivity index (χ3v) is 10.7. The van der Waals surface area contributed by atoms with E-state index in [1.165, 1.54) is 0 Å². The molecule has 0 fully saturated rings. The monoisotopic (exact) mass is 722 g/mol. The van der Waals surface area contributed by atoms with Gasteiger partial charge in [0, 0.05) is 32.8 Å². The fraction of sp³-hybridized carbons (Fsp3) is 0. The number of nitrogens with zero attached hydrogens (tertiary/aromatic N) is 2. The molecule has 2 aromatic heterocycles. The first kappa shape index (κ1) is 23.4. The van der Waals surface area contributed by atoms with Gasteiger partial charge in [0.15, 0.2) is 0 Å². The molecular weight excluding hydrogens is 677 g/mol. The van der Waals surface area contributed by atoms with E-state index in [1.54, 1.807) is 18.2 Å². The molecule has 0 aliphatic carbocycles. The second-order valence-electron chi connectivity index (χ2n) is 13.7. The largest absolute Gasteiger partial charge is 0.309 e. The lowest BCUT2D eigenvalue weighted by Crippen LogP contribution is -1.98. The molecule has 2 nitrogen and oxygen atoms in total. The summed E-state index contributed by atoms with van der Waals surface area (Å²) in [5.74, 6) is 0. The number of benzene rings is 9. The quantitative estimate of drug-likeness (QED) is 0.162. The molecular formula is C54H36N2. The van der Waals surface area contributed by atoms with Gasteiger partial charge in [-0.2, -0.15) is 0 Å². The van der Waals surface area contributed by atoms with Gasteiger partial charge in [0.25, 0.3) is 0 Å². The Bertz CT molecular complexity index is 3690. The van der Waals surface area contributed by atoms with Gasteiger partial charge in [-0.05, 0) is 87.5 Å². The van der Waals surface area contributed by atoms with Crippen LogP contribution in [0.25, 0.3) is 99.5 Å².